The highest BCUT2D eigenvalue weighted by molar-refractivity contribution is 6.04. The summed E-state index contributed by atoms with van der Waals surface area (Å²) < 4.78 is 10.00. The molecule has 8 heteroatoms. The van der Waals surface area contributed by atoms with Crippen molar-refractivity contribution in [2.24, 2.45) is 0 Å². The van der Waals surface area contributed by atoms with Crippen LogP contribution in [-0.2, 0) is 9.47 Å². The molecule has 148 valence electrons. The molecule has 1 aromatic heterocycles. The Labute approximate surface area is 163 Å². The summed E-state index contributed by atoms with van der Waals surface area (Å²) in [6.07, 6.45) is 3.21. The van der Waals surface area contributed by atoms with E-state index in [1.54, 1.807) is 36.5 Å². The molecular formula is C20H24N4O4. The zero-order valence-corrected chi connectivity index (χ0v) is 15.8. The summed E-state index contributed by atoms with van der Waals surface area (Å²) in [5, 5.41) is 6.10. The number of amides is 1. The van der Waals surface area contributed by atoms with Crippen molar-refractivity contribution in [3.63, 3.8) is 0 Å². The summed E-state index contributed by atoms with van der Waals surface area (Å²) in [4.78, 5) is 30.4. The summed E-state index contributed by atoms with van der Waals surface area (Å²) in [6, 6.07) is 8.28. The molecular weight excluding hydrogens is 360 g/mol. The van der Waals surface area contributed by atoms with Crippen LogP contribution < -0.4 is 10.6 Å². The van der Waals surface area contributed by atoms with Gasteiger partial charge in [0.1, 0.15) is 0 Å². The Balaban J connectivity index is 1.53. The van der Waals surface area contributed by atoms with Gasteiger partial charge in [0.2, 0.25) is 0 Å². The van der Waals surface area contributed by atoms with E-state index in [1.165, 1.54) is 13.3 Å². The molecule has 0 aliphatic carbocycles. The number of anilines is 2. The van der Waals surface area contributed by atoms with Gasteiger partial charge in [-0.2, -0.15) is 0 Å². The number of methoxy groups -OCH3 is 1. The van der Waals surface area contributed by atoms with Crippen LogP contribution in [0.25, 0.3) is 0 Å². The van der Waals surface area contributed by atoms with E-state index in [-0.39, 0.29) is 5.91 Å². The number of esters is 1. The van der Waals surface area contributed by atoms with Crippen molar-refractivity contribution in [2.45, 2.75) is 0 Å². The fourth-order valence-corrected chi connectivity index (χ4v) is 2.85. The molecule has 1 saturated heterocycles. The van der Waals surface area contributed by atoms with Gasteiger partial charge in [-0.3, -0.25) is 14.7 Å². The van der Waals surface area contributed by atoms with Gasteiger partial charge in [0, 0.05) is 44.3 Å². The van der Waals surface area contributed by atoms with Gasteiger partial charge < -0.3 is 20.1 Å². The first-order valence-corrected chi connectivity index (χ1v) is 9.14. The van der Waals surface area contributed by atoms with Crippen LogP contribution in [0.1, 0.15) is 20.7 Å². The van der Waals surface area contributed by atoms with Crippen molar-refractivity contribution in [3.8, 4) is 0 Å². The lowest BCUT2D eigenvalue weighted by molar-refractivity contribution is 0.0398. The molecule has 8 nitrogen and oxygen atoms in total. The average Bonchev–Trinajstić information content (AvgIpc) is 2.74. The molecule has 0 spiro atoms. The monoisotopic (exact) mass is 384 g/mol. The van der Waals surface area contributed by atoms with E-state index >= 15 is 0 Å². The predicted octanol–water partition coefficient (Wildman–Crippen LogP) is 1.86. The average molecular weight is 384 g/mol. The zero-order chi connectivity index (χ0) is 19.8. The molecule has 0 radical (unpaired) electrons. The Bertz CT molecular complexity index is 804. The number of carbonyl (C=O) groups excluding carboxylic acids is 2. The van der Waals surface area contributed by atoms with Crippen LogP contribution in [0.15, 0.2) is 42.7 Å². The van der Waals surface area contributed by atoms with Gasteiger partial charge in [0.25, 0.3) is 5.91 Å². The Hall–Kier alpha value is -2.97. The molecule has 0 bridgehead atoms. The summed E-state index contributed by atoms with van der Waals surface area (Å²) >= 11 is 0. The Morgan fingerprint density at radius 1 is 1.11 bits per heavy atom. The quantitative estimate of drug-likeness (QED) is 0.704. The highest BCUT2D eigenvalue weighted by Gasteiger charge is 2.11. The Morgan fingerprint density at radius 2 is 1.86 bits per heavy atom. The lowest BCUT2D eigenvalue weighted by Crippen LogP contribution is -2.39. The van der Waals surface area contributed by atoms with Gasteiger partial charge in [-0.05, 0) is 30.3 Å². The van der Waals surface area contributed by atoms with Crippen molar-refractivity contribution in [1.82, 2.24) is 9.88 Å². The van der Waals surface area contributed by atoms with Crippen LogP contribution in [0.3, 0.4) is 0 Å². The number of morpholine rings is 1. The van der Waals surface area contributed by atoms with Crippen molar-refractivity contribution in [1.29, 1.82) is 0 Å². The minimum Gasteiger partial charge on any atom is -0.465 e. The second kappa shape index (κ2) is 9.82. The first kappa shape index (κ1) is 19.8. The third kappa shape index (κ3) is 5.51. The van der Waals surface area contributed by atoms with Gasteiger partial charge >= 0.3 is 5.97 Å². The summed E-state index contributed by atoms with van der Waals surface area (Å²) in [6.45, 7) is 5.11. The van der Waals surface area contributed by atoms with E-state index in [1.807, 2.05) is 0 Å². The van der Waals surface area contributed by atoms with Crippen molar-refractivity contribution >= 4 is 23.3 Å². The van der Waals surface area contributed by atoms with Crippen LogP contribution in [0.4, 0.5) is 11.4 Å². The van der Waals surface area contributed by atoms with Crippen LogP contribution in [-0.4, -0.2) is 68.3 Å². The molecule has 1 aliphatic heterocycles. The smallest absolute Gasteiger partial charge is 0.337 e. The number of hydrogen-bond donors (Lipinski definition) is 2. The fourth-order valence-electron chi connectivity index (χ4n) is 2.85. The van der Waals surface area contributed by atoms with Gasteiger partial charge in [-0.25, -0.2) is 4.79 Å². The maximum atomic E-state index is 12.5. The Morgan fingerprint density at radius 3 is 2.57 bits per heavy atom. The second-order valence-corrected chi connectivity index (χ2v) is 6.37. The molecule has 1 aromatic carbocycles. The summed E-state index contributed by atoms with van der Waals surface area (Å²) in [5.74, 6) is -0.687. The fraction of sp³-hybridized carbons (Fsp3) is 0.350. The largest absolute Gasteiger partial charge is 0.465 e. The van der Waals surface area contributed by atoms with Crippen LogP contribution in [0, 0.1) is 0 Å². The standard InChI is InChI=1S/C20H24N4O4/c1-27-20(26)15-2-4-17(5-3-15)23-19(25)16-12-18(14-21-13-16)22-6-7-24-8-10-28-11-9-24/h2-5,12-14,22H,6-11H2,1H3,(H,23,25). The zero-order valence-electron chi connectivity index (χ0n) is 15.8. The van der Waals surface area contributed by atoms with Crippen molar-refractivity contribution in [3.05, 3.63) is 53.9 Å². The topological polar surface area (TPSA) is 92.8 Å². The Kier molecular flexibility index (Phi) is 6.94. The van der Waals surface area contributed by atoms with Gasteiger partial charge in [0.05, 0.1) is 37.1 Å². The van der Waals surface area contributed by atoms with E-state index in [0.717, 1.165) is 45.1 Å². The van der Waals surface area contributed by atoms with Crippen LogP contribution in [0.2, 0.25) is 0 Å². The number of nitrogens with one attached hydrogen (secondary N) is 2. The first-order chi connectivity index (χ1) is 13.7. The van der Waals surface area contributed by atoms with Crippen LogP contribution in [0.5, 0.6) is 0 Å². The van der Waals surface area contributed by atoms with Crippen LogP contribution >= 0.6 is 0 Å². The number of pyridine rings is 1. The maximum Gasteiger partial charge on any atom is 0.337 e. The third-order valence-electron chi connectivity index (χ3n) is 4.43. The summed E-state index contributed by atoms with van der Waals surface area (Å²) in [5.41, 5.74) is 2.26. The number of rotatable bonds is 7. The normalized spacial score (nSPS) is 14.3. The molecule has 2 N–H and O–H groups in total. The van der Waals surface area contributed by atoms with Gasteiger partial charge in [0.15, 0.2) is 0 Å². The molecule has 3 rings (SSSR count). The molecule has 28 heavy (non-hydrogen) atoms. The van der Waals surface area contributed by atoms with Gasteiger partial charge in [-0.15, -0.1) is 0 Å². The minimum atomic E-state index is -0.419. The number of hydrogen-bond acceptors (Lipinski definition) is 7. The van der Waals surface area contributed by atoms with E-state index < -0.39 is 5.97 Å². The predicted molar refractivity (Wildman–Crippen MR) is 106 cm³/mol. The highest BCUT2D eigenvalue weighted by Crippen LogP contribution is 2.14. The van der Waals surface area contributed by atoms with E-state index in [4.69, 9.17) is 4.74 Å². The van der Waals surface area contributed by atoms with E-state index in [0.29, 0.717) is 16.8 Å². The lowest BCUT2D eigenvalue weighted by atomic mass is 10.2. The molecule has 1 amide bonds. The number of benzene rings is 1. The summed E-state index contributed by atoms with van der Waals surface area (Å²) in [7, 11) is 1.33. The number of carbonyl (C=O) groups is 2. The van der Waals surface area contributed by atoms with E-state index in [9.17, 15) is 9.59 Å². The van der Waals surface area contributed by atoms with E-state index in [2.05, 4.69) is 25.3 Å². The number of ether oxygens (including phenoxy) is 2. The molecule has 2 aromatic rings. The first-order valence-electron chi connectivity index (χ1n) is 9.14. The lowest BCUT2D eigenvalue weighted by Gasteiger charge is -2.26. The number of aromatic nitrogens is 1. The maximum absolute atomic E-state index is 12.5. The molecule has 1 aliphatic rings. The molecule has 1 fully saturated rings. The molecule has 2 heterocycles. The molecule has 0 saturated carbocycles. The SMILES string of the molecule is COC(=O)c1ccc(NC(=O)c2cncc(NCCN3CCOCC3)c2)cc1. The number of nitrogens with zero attached hydrogens (tertiary/aromatic N) is 2. The second-order valence-electron chi connectivity index (χ2n) is 6.37. The highest BCUT2D eigenvalue weighted by atomic mass is 16.5. The minimum absolute atomic E-state index is 0.268. The van der Waals surface area contributed by atoms with Crippen molar-refractivity contribution < 1.29 is 19.1 Å². The molecule has 0 unspecified atom stereocenters. The third-order valence-corrected chi connectivity index (χ3v) is 4.43. The molecule has 0 atom stereocenters. The van der Waals surface area contributed by atoms with Gasteiger partial charge in [-0.1, -0.05) is 0 Å². The van der Waals surface area contributed by atoms with Crippen molar-refractivity contribution in [2.75, 3.05) is 57.1 Å².